The molecule has 0 bridgehead atoms. The predicted octanol–water partition coefficient (Wildman–Crippen LogP) is 2.42. The summed E-state index contributed by atoms with van der Waals surface area (Å²) in [5.74, 6) is 0. The van der Waals surface area contributed by atoms with E-state index in [0.717, 1.165) is 21.1 Å². The Morgan fingerprint density at radius 2 is 1.95 bits per heavy atom. The van der Waals surface area contributed by atoms with E-state index in [1.165, 1.54) is 30.2 Å². The number of benzene rings is 1. The number of rotatable bonds is 3. The summed E-state index contributed by atoms with van der Waals surface area (Å²) in [5.41, 5.74) is 1.54. The molecule has 0 aliphatic carbocycles. The number of imidazole rings is 1. The number of aromatic nitrogens is 4. The van der Waals surface area contributed by atoms with Crippen molar-refractivity contribution in [2.75, 3.05) is 0 Å². The van der Waals surface area contributed by atoms with Crippen LogP contribution >= 0.6 is 11.8 Å². The van der Waals surface area contributed by atoms with E-state index in [1.54, 1.807) is 18.5 Å². The van der Waals surface area contributed by atoms with Crippen LogP contribution in [0.1, 0.15) is 0 Å². The van der Waals surface area contributed by atoms with E-state index in [2.05, 4.69) is 15.0 Å². The number of fused-ring (bicyclic) bond motifs is 1. The van der Waals surface area contributed by atoms with E-state index in [9.17, 15) is 10.1 Å². The quantitative estimate of drug-likeness (QED) is 0.417. The Balaban J connectivity index is 1.95. The highest BCUT2D eigenvalue weighted by atomic mass is 32.2. The molecule has 0 N–H and O–H groups in total. The van der Waals surface area contributed by atoms with Gasteiger partial charge in [0.25, 0.3) is 5.69 Å². The molecule has 1 aromatic carbocycles. The van der Waals surface area contributed by atoms with Gasteiger partial charge in [0.05, 0.1) is 11.3 Å². The van der Waals surface area contributed by atoms with Gasteiger partial charge in [0.15, 0.2) is 5.65 Å². The first kappa shape index (κ1) is 12.5. The number of nitrogens with zero attached hydrogens (tertiary/aromatic N) is 5. The maximum Gasteiger partial charge on any atom is 0.269 e. The van der Waals surface area contributed by atoms with Crippen LogP contribution in [0.5, 0.6) is 0 Å². The molecule has 100 valence electrons. The fourth-order valence-corrected chi connectivity index (χ4v) is 2.58. The van der Waals surface area contributed by atoms with Crippen LogP contribution in [0.2, 0.25) is 0 Å². The van der Waals surface area contributed by atoms with Crippen LogP contribution in [-0.2, 0) is 7.05 Å². The molecule has 0 fully saturated rings. The number of aryl methyl sites for hydroxylation is 1. The second-order valence-corrected chi connectivity index (χ2v) is 5.12. The lowest BCUT2D eigenvalue weighted by molar-refractivity contribution is -0.384. The van der Waals surface area contributed by atoms with Crippen LogP contribution in [-0.4, -0.2) is 24.4 Å². The maximum atomic E-state index is 10.6. The number of nitro benzene ring substituents is 1. The molecular formula is C12H9N5O2S. The van der Waals surface area contributed by atoms with Gasteiger partial charge < -0.3 is 4.57 Å². The standard InChI is InChI=1S/C12H9N5O2S/c1-16-7-15-10-11(16)13-6-14-12(10)20-9-4-2-8(3-5-9)17(18)19/h2-7H,1H3. The molecule has 7 nitrogen and oxygen atoms in total. The first-order valence-electron chi connectivity index (χ1n) is 5.69. The second-order valence-electron chi connectivity index (χ2n) is 4.06. The molecule has 0 atom stereocenters. The Morgan fingerprint density at radius 1 is 1.20 bits per heavy atom. The molecule has 20 heavy (non-hydrogen) atoms. The Hall–Kier alpha value is -2.48. The fraction of sp³-hybridized carbons (Fsp3) is 0.0833. The largest absolute Gasteiger partial charge is 0.318 e. The Labute approximate surface area is 117 Å². The van der Waals surface area contributed by atoms with Crippen molar-refractivity contribution in [1.82, 2.24) is 19.5 Å². The Bertz CT molecular complexity index is 784. The highest BCUT2D eigenvalue weighted by Crippen LogP contribution is 2.30. The van der Waals surface area contributed by atoms with Crippen LogP contribution in [0.25, 0.3) is 11.2 Å². The van der Waals surface area contributed by atoms with E-state index in [-0.39, 0.29) is 5.69 Å². The predicted molar refractivity (Wildman–Crippen MR) is 73.5 cm³/mol. The van der Waals surface area contributed by atoms with Gasteiger partial charge in [0.1, 0.15) is 16.9 Å². The van der Waals surface area contributed by atoms with Gasteiger partial charge in [-0.1, -0.05) is 11.8 Å². The Kier molecular flexibility index (Phi) is 3.07. The van der Waals surface area contributed by atoms with Crippen LogP contribution in [0.4, 0.5) is 5.69 Å². The SMILES string of the molecule is Cn1cnc2c(Sc3ccc([N+](=O)[O-])cc3)ncnc21. The van der Waals surface area contributed by atoms with Gasteiger partial charge in [-0.25, -0.2) is 15.0 Å². The lowest BCUT2D eigenvalue weighted by Crippen LogP contribution is -1.90. The first-order valence-corrected chi connectivity index (χ1v) is 6.51. The normalized spacial score (nSPS) is 10.8. The van der Waals surface area contributed by atoms with Gasteiger partial charge in [-0.15, -0.1) is 0 Å². The molecular weight excluding hydrogens is 278 g/mol. The zero-order valence-corrected chi connectivity index (χ0v) is 11.2. The van der Waals surface area contributed by atoms with E-state index in [4.69, 9.17) is 0 Å². The topological polar surface area (TPSA) is 86.7 Å². The average molecular weight is 287 g/mol. The van der Waals surface area contributed by atoms with Crippen molar-refractivity contribution in [1.29, 1.82) is 0 Å². The van der Waals surface area contributed by atoms with Crippen molar-refractivity contribution in [2.24, 2.45) is 7.05 Å². The molecule has 0 amide bonds. The van der Waals surface area contributed by atoms with Crippen LogP contribution in [0.15, 0.2) is 46.8 Å². The zero-order valence-electron chi connectivity index (χ0n) is 10.4. The molecule has 0 aliphatic heterocycles. The summed E-state index contributed by atoms with van der Waals surface area (Å²) in [6.07, 6.45) is 3.16. The lowest BCUT2D eigenvalue weighted by Gasteiger charge is -2.01. The second kappa shape index (κ2) is 4.89. The van der Waals surface area contributed by atoms with Gasteiger partial charge in [0.2, 0.25) is 0 Å². The number of hydrogen-bond donors (Lipinski definition) is 0. The number of non-ortho nitro benzene ring substituents is 1. The minimum atomic E-state index is -0.421. The summed E-state index contributed by atoms with van der Waals surface area (Å²) in [4.78, 5) is 23.7. The summed E-state index contributed by atoms with van der Waals surface area (Å²) in [6, 6.07) is 6.33. The average Bonchev–Trinajstić information content (AvgIpc) is 2.82. The van der Waals surface area contributed by atoms with Crippen molar-refractivity contribution in [2.45, 2.75) is 9.92 Å². The summed E-state index contributed by atoms with van der Waals surface area (Å²) in [5, 5.41) is 11.3. The third-order valence-corrected chi connectivity index (χ3v) is 3.73. The fourth-order valence-electron chi connectivity index (χ4n) is 1.75. The van der Waals surface area contributed by atoms with E-state index in [1.807, 2.05) is 11.6 Å². The number of hydrogen-bond acceptors (Lipinski definition) is 6. The van der Waals surface area contributed by atoms with Crippen molar-refractivity contribution >= 4 is 28.6 Å². The van der Waals surface area contributed by atoms with Crippen molar-refractivity contribution in [3.05, 3.63) is 47.0 Å². The molecule has 0 saturated heterocycles. The minimum absolute atomic E-state index is 0.0695. The summed E-state index contributed by atoms with van der Waals surface area (Å²) in [7, 11) is 1.86. The molecule has 0 saturated carbocycles. The van der Waals surface area contributed by atoms with E-state index in [0.29, 0.717) is 0 Å². The molecule has 0 aliphatic rings. The van der Waals surface area contributed by atoms with Crippen molar-refractivity contribution in [3.8, 4) is 0 Å². The maximum absolute atomic E-state index is 10.6. The van der Waals surface area contributed by atoms with Crippen molar-refractivity contribution < 1.29 is 4.92 Å². The minimum Gasteiger partial charge on any atom is -0.318 e. The molecule has 2 aromatic heterocycles. The number of nitro groups is 1. The van der Waals surface area contributed by atoms with Crippen molar-refractivity contribution in [3.63, 3.8) is 0 Å². The summed E-state index contributed by atoms with van der Waals surface area (Å²) < 4.78 is 1.82. The smallest absolute Gasteiger partial charge is 0.269 e. The van der Waals surface area contributed by atoms with Crippen LogP contribution < -0.4 is 0 Å². The zero-order chi connectivity index (χ0) is 14.1. The van der Waals surface area contributed by atoms with E-state index >= 15 is 0 Å². The van der Waals surface area contributed by atoms with Gasteiger partial charge >= 0.3 is 0 Å². The highest BCUT2D eigenvalue weighted by Gasteiger charge is 2.11. The third kappa shape index (κ3) is 2.21. The monoisotopic (exact) mass is 287 g/mol. The lowest BCUT2D eigenvalue weighted by atomic mass is 10.3. The van der Waals surface area contributed by atoms with Gasteiger partial charge in [-0.05, 0) is 12.1 Å². The third-order valence-electron chi connectivity index (χ3n) is 2.73. The summed E-state index contributed by atoms with van der Waals surface area (Å²) in [6.45, 7) is 0. The van der Waals surface area contributed by atoms with Gasteiger partial charge in [0, 0.05) is 24.1 Å². The van der Waals surface area contributed by atoms with Crippen LogP contribution in [0, 0.1) is 10.1 Å². The van der Waals surface area contributed by atoms with Gasteiger partial charge in [-0.3, -0.25) is 10.1 Å². The van der Waals surface area contributed by atoms with E-state index < -0.39 is 4.92 Å². The molecule has 8 heteroatoms. The van der Waals surface area contributed by atoms with Crippen LogP contribution in [0.3, 0.4) is 0 Å². The molecule has 0 unspecified atom stereocenters. The first-order chi connectivity index (χ1) is 9.65. The highest BCUT2D eigenvalue weighted by molar-refractivity contribution is 7.99. The summed E-state index contributed by atoms with van der Waals surface area (Å²) >= 11 is 1.40. The molecule has 3 aromatic rings. The molecule has 3 rings (SSSR count). The molecule has 0 radical (unpaired) electrons. The Morgan fingerprint density at radius 3 is 2.65 bits per heavy atom. The molecule has 0 spiro atoms. The van der Waals surface area contributed by atoms with Gasteiger partial charge in [-0.2, -0.15) is 0 Å². The molecule has 2 heterocycles.